The van der Waals surface area contributed by atoms with Crippen LogP contribution in [0.5, 0.6) is 0 Å². The topological polar surface area (TPSA) is 119 Å². The minimum atomic E-state index is -2.55. The molecule has 222 valence electrons. The van der Waals surface area contributed by atoms with Crippen molar-refractivity contribution in [3.05, 3.63) is 0 Å². The van der Waals surface area contributed by atoms with Crippen LogP contribution in [0.2, 0.25) is 0 Å². The Balaban J connectivity index is 1.15. The van der Waals surface area contributed by atoms with Gasteiger partial charge >= 0.3 is 0 Å². The predicted octanol–water partition coefficient (Wildman–Crippen LogP) is -0.311. The Hall–Kier alpha value is -0.800. The van der Waals surface area contributed by atoms with Gasteiger partial charge in [0.25, 0.3) is 6.43 Å². The van der Waals surface area contributed by atoms with E-state index in [1.165, 1.54) is 0 Å². The van der Waals surface area contributed by atoms with E-state index in [-0.39, 0.29) is 58.0 Å². The molecule has 0 aromatic heterocycles. The van der Waals surface area contributed by atoms with E-state index in [9.17, 15) is 18.4 Å². The molecule has 5 saturated heterocycles. The van der Waals surface area contributed by atoms with Crippen molar-refractivity contribution < 1.29 is 23.1 Å². The highest BCUT2D eigenvalue weighted by molar-refractivity contribution is 8.00. The van der Waals surface area contributed by atoms with Crippen LogP contribution in [0.3, 0.4) is 0 Å². The number of piperazine rings is 1. The fraction of sp³-hybridized carbons (Fsp3) is 0.920. The number of amides is 2. The SMILES string of the molecule is COC1CNC(Cl)CC1C1CC(C)NCC1C(=O)NC1NC2CN(C(=O)C3CNC(C)C(C(F)F)N3)CC2S1. The quantitative estimate of drug-likeness (QED) is 0.182. The van der Waals surface area contributed by atoms with Crippen molar-refractivity contribution in [2.24, 2.45) is 17.8 Å². The number of hydrogen-bond donors (Lipinski definition) is 6. The van der Waals surface area contributed by atoms with E-state index in [0.717, 1.165) is 12.8 Å². The summed E-state index contributed by atoms with van der Waals surface area (Å²) in [5.74, 6) is 0.0147. The van der Waals surface area contributed by atoms with Gasteiger partial charge < -0.3 is 25.6 Å². The van der Waals surface area contributed by atoms with E-state index in [0.29, 0.717) is 38.8 Å². The van der Waals surface area contributed by atoms with Crippen LogP contribution < -0.4 is 31.9 Å². The molecule has 0 spiro atoms. The Labute approximate surface area is 238 Å². The number of nitrogens with one attached hydrogen (secondary N) is 6. The molecule has 5 aliphatic rings. The minimum Gasteiger partial charge on any atom is -0.380 e. The first-order valence-electron chi connectivity index (χ1n) is 14.1. The fourth-order valence-electron chi connectivity index (χ4n) is 6.98. The zero-order valence-corrected chi connectivity index (χ0v) is 24.2. The highest BCUT2D eigenvalue weighted by Crippen LogP contribution is 2.38. The molecule has 5 fully saturated rings. The normalized spacial score (nSPS) is 44.8. The molecule has 5 heterocycles. The number of thioether (sulfide) groups is 1. The summed E-state index contributed by atoms with van der Waals surface area (Å²) < 4.78 is 32.5. The van der Waals surface area contributed by atoms with Gasteiger partial charge in [-0.05, 0) is 38.5 Å². The lowest BCUT2D eigenvalue weighted by Gasteiger charge is -2.45. The highest BCUT2D eigenvalue weighted by Gasteiger charge is 2.48. The number of hydrogen-bond acceptors (Lipinski definition) is 9. The summed E-state index contributed by atoms with van der Waals surface area (Å²) in [5, 5.41) is 19.4. The van der Waals surface area contributed by atoms with Gasteiger partial charge in [-0.25, -0.2) is 8.78 Å². The van der Waals surface area contributed by atoms with Gasteiger partial charge in [0.1, 0.15) is 5.50 Å². The Morgan fingerprint density at radius 2 is 1.85 bits per heavy atom. The first-order valence-corrected chi connectivity index (χ1v) is 15.4. The second kappa shape index (κ2) is 12.6. The highest BCUT2D eigenvalue weighted by atomic mass is 35.5. The van der Waals surface area contributed by atoms with Crippen LogP contribution in [0.25, 0.3) is 0 Å². The molecule has 12 unspecified atom stereocenters. The number of ether oxygens (including phenoxy) is 1. The van der Waals surface area contributed by atoms with Crippen LogP contribution in [-0.4, -0.2) is 116 Å². The standard InChI is InChI=1S/C25H42ClF2N7O3S/c1-11-4-13(14-5-20(26)31-8-18(14)38-3)15(6-29-11)23(36)34-25-33-17-9-35(10-19(17)39-25)24(37)16-7-30-12(2)21(32-16)22(27)28/h11-22,25,29-33H,4-10H2,1-3H3,(H,34,36). The van der Waals surface area contributed by atoms with E-state index in [1.807, 2.05) is 0 Å². The second-order valence-electron chi connectivity index (χ2n) is 11.7. The number of halogens is 3. The van der Waals surface area contributed by atoms with Gasteiger partial charge in [-0.15, -0.1) is 23.4 Å². The van der Waals surface area contributed by atoms with Crippen molar-refractivity contribution in [2.45, 2.75) is 85.7 Å². The van der Waals surface area contributed by atoms with Crippen LogP contribution in [0, 0.1) is 17.8 Å². The van der Waals surface area contributed by atoms with E-state index >= 15 is 0 Å². The molecule has 0 bridgehead atoms. The van der Waals surface area contributed by atoms with E-state index < -0.39 is 24.6 Å². The van der Waals surface area contributed by atoms with Crippen molar-refractivity contribution in [1.29, 1.82) is 0 Å². The van der Waals surface area contributed by atoms with Crippen LogP contribution in [0.1, 0.15) is 26.7 Å². The van der Waals surface area contributed by atoms with Gasteiger partial charge in [-0.1, -0.05) is 0 Å². The average Bonchev–Trinajstić information content (AvgIpc) is 3.47. The second-order valence-corrected chi connectivity index (χ2v) is 13.6. The Morgan fingerprint density at radius 3 is 2.56 bits per heavy atom. The molecule has 39 heavy (non-hydrogen) atoms. The third-order valence-corrected chi connectivity index (χ3v) is 10.9. The number of carbonyl (C=O) groups excluding carboxylic acids is 2. The summed E-state index contributed by atoms with van der Waals surface area (Å²) in [5.41, 5.74) is -0.369. The maximum atomic E-state index is 13.6. The molecular formula is C25H42ClF2N7O3S. The summed E-state index contributed by atoms with van der Waals surface area (Å²) in [6.07, 6.45) is -0.889. The summed E-state index contributed by atoms with van der Waals surface area (Å²) in [6.45, 7) is 6.47. The van der Waals surface area contributed by atoms with Gasteiger partial charge in [0, 0.05) is 63.2 Å². The van der Waals surface area contributed by atoms with E-state index in [1.54, 1.807) is 30.7 Å². The molecule has 14 heteroatoms. The Kier molecular flexibility index (Phi) is 9.59. The van der Waals surface area contributed by atoms with Crippen LogP contribution >= 0.6 is 23.4 Å². The summed E-state index contributed by atoms with van der Waals surface area (Å²) in [4.78, 5) is 28.4. The van der Waals surface area contributed by atoms with E-state index in [2.05, 4.69) is 38.8 Å². The van der Waals surface area contributed by atoms with Crippen molar-refractivity contribution >= 4 is 35.2 Å². The zero-order valence-electron chi connectivity index (χ0n) is 22.7. The zero-order chi connectivity index (χ0) is 27.8. The summed E-state index contributed by atoms with van der Waals surface area (Å²) >= 11 is 8.08. The van der Waals surface area contributed by atoms with Crippen molar-refractivity contribution in [1.82, 2.24) is 36.8 Å². The molecule has 6 N–H and O–H groups in total. The molecular weight excluding hydrogens is 552 g/mol. The molecule has 10 nitrogen and oxygen atoms in total. The fourth-order valence-corrected chi connectivity index (χ4v) is 8.68. The first kappa shape index (κ1) is 29.7. The van der Waals surface area contributed by atoms with Crippen LogP contribution in [-0.2, 0) is 14.3 Å². The number of likely N-dealkylation sites (tertiary alicyclic amines) is 1. The summed E-state index contributed by atoms with van der Waals surface area (Å²) in [6, 6.07) is -1.78. The molecule has 0 aliphatic carbocycles. The number of methoxy groups -OCH3 is 1. The smallest absolute Gasteiger partial charge is 0.255 e. The van der Waals surface area contributed by atoms with Gasteiger partial charge in [0.15, 0.2) is 0 Å². The van der Waals surface area contributed by atoms with E-state index in [4.69, 9.17) is 16.3 Å². The van der Waals surface area contributed by atoms with Crippen molar-refractivity contribution in [3.8, 4) is 0 Å². The lowest BCUT2D eigenvalue weighted by atomic mass is 9.70. The minimum absolute atomic E-state index is 0.0143. The van der Waals surface area contributed by atoms with Gasteiger partial charge in [-0.3, -0.25) is 25.5 Å². The number of nitrogens with zero attached hydrogens (tertiary/aromatic N) is 1. The number of carbonyl (C=O) groups is 2. The molecule has 0 radical (unpaired) electrons. The Bertz CT molecular complexity index is 883. The van der Waals surface area contributed by atoms with Gasteiger partial charge in [-0.2, -0.15) is 0 Å². The van der Waals surface area contributed by atoms with Crippen LogP contribution in [0.4, 0.5) is 8.78 Å². The maximum absolute atomic E-state index is 13.6. The summed E-state index contributed by atoms with van der Waals surface area (Å²) in [7, 11) is 1.72. The monoisotopic (exact) mass is 593 g/mol. The molecule has 2 amide bonds. The molecule has 0 aromatic carbocycles. The number of rotatable bonds is 6. The van der Waals surface area contributed by atoms with Crippen LogP contribution in [0.15, 0.2) is 0 Å². The van der Waals surface area contributed by atoms with Crippen molar-refractivity contribution in [3.63, 3.8) is 0 Å². The van der Waals surface area contributed by atoms with Gasteiger partial charge in [0.2, 0.25) is 11.8 Å². The molecule has 5 rings (SSSR count). The molecule has 0 aromatic rings. The lowest BCUT2D eigenvalue weighted by Crippen LogP contribution is -2.66. The number of alkyl halides is 3. The third-order valence-electron chi connectivity index (χ3n) is 9.19. The maximum Gasteiger partial charge on any atom is 0.255 e. The molecule has 0 saturated carbocycles. The largest absolute Gasteiger partial charge is 0.380 e. The average molecular weight is 594 g/mol. The Morgan fingerprint density at radius 1 is 1.05 bits per heavy atom. The number of fused-ring (bicyclic) bond motifs is 1. The molecule has 12 atom stereocenters. The number of piperidine rings is 2. The predicted molar refractivity (Wildman–Crippen MR) is 147 cm³/mol. The molecule has 5 aliphatic heterocycles. The third kappa shape index (κ3) is 6.50. The van der Waals surface area contributed by atoms with Crippen molar-refractivity contribution in [2.75, 3.05) is 39.8 Å². The first-order chi connectivity index (χ1) is 18.6. The lowest BCUT2D eigenvalue weighted by molar-refractivity contribution is -0.134. The van der Waals surface area contributed by atoms with Gasteiger partial charge in [0.05, 0.1) is 29.6 Å².